The summed E-state index contributed by atoms with van der Waals surface area (Å²) in [5.41, 5.74) is 1.29. The Labute approximate surface area is 121 Å². The van der Waals surface area contributed by atoms with Crippen LogP contribution in [0.1, 0.15) is 19.8 Å². The highest BCUT2D eigenvalue weighted by Crippen LogP contribution is 2.31. The number of hydrogen-bond donors (Lipinski definition) is 2. The van der Waals surface area contributed by atoms with E-state index in [1.165, 1.54) is 12.1 Å². The third-order valence-corrected chi connectivity index (χ3v) is 4.34. The Bertz CT molecular complexity index is 473. The number of nitrogens with zero attached hydrogens (tertiary/aromatic N) is 1. The zero-order chi connectivity index (χ0) is 13.9. The van der Waals surface area contributed by atoms with Gasteiger partial charge < -0.3 is 10.6 Å². The molecule has 104 valence electrons. The number of piperidine rings is 1. The number of nitro benzene ring substituents is 1. The number of nitro groups is 1. The molecule has 0 spiro atoms. The fourth-order valence-corrected chi connectivity index (χ4v) is 2.78. The van der Waals surface area contributed by atoms with E-state index in [4.69, 9.17) is 0 Å². The molecule has 0 aromatic heterocycles. The summed E-state index contributed by atoms with van der Waals surface area (Å²) < 4.78 is 0.735. The van der Waals surface area contributed by atoms with Crippen molar-refractivity contribution in [1.82, 2.24) is 5.32 Å². The molecule has 0 unspecified atom stereocenters. The minimum Gasteiger partial charge on any atom is -0.384 e. The molecule has 0 aliphatic carbocycles. The number of benzene rings is 1. The highest BCUT2D eigenvalue weighted by Gasteiger charge is 2.26. The van der Waals surface area contributed by atoms with E-state index >= 15 is 0 Å². The SMILES string of the molecule is CC1(CNc2ccc([N+](=O)[O-])cc2Br)CCNCC1. The second kappa shape index (κ2) is 5.88. The van der Waals surface area contributed by atoms with Gasteiger partial charge in [0.25, 0.3) is 5.69 Å². The van der Waals surface area contributed by atoms with Crippen molar-refractivity contribution in [1.29, 1.82) is 0 Å². The van der Waals surface area contributed by atoms with Gasteiger partial charge in [-0.05, 0) is 53.3 Å². The van der Waals surface area contributed by atoms with E-state index in [0.29, 0.717) is 0 Å². The lowest BCUT2D eigenvalue weighted by molar-refractivity contribution is -0.384. The van der Waals surface area contributed by atoms with Crippen LogP contribution in [0.25, 0.3) is 0 Å². The van der Waals surface area contributed by atoms with Gasteiger partial charge in [0.05, 0.1) is 4.92 Å². The normalized spacial score (nSPS) is 18.0. The van der Waals surface area contributed by atoms with Crippen molar-refractivity contribution >= 4 is 27.3 Å². The molecule has 5 nitrogen and oxygen atoms in total. The first-order valence-corrected chi connectivity index (χ1v) is 7.18. The van der Waals surface area contributed by atoms with E-state index in [0.717, 1.165) is 42.6 Å². The van der Waals surface area contributed by atoms with Crippen molar-refractivity contribution in [3.8, 4) is 0 Å². The Hall–Kier alpha value is -1.14. The Kier molecular flexibility index (Phi) is 4.42. The highest BCUT2D eigenvalue weighted by atomic mass is 79.9. The van der Waals surface area contributed by atoms with Crippen LogP contribution < -0.4 is 10.6 Å². The largest absolute Gasteiger partial charge is 0.384 e. The van der Waals surface area contributed by atoms with E-state index in [2.05, 4.69) is 33.5 Å². The van der Waals surface area contributed by atoms with Crippen molar-refractivity contribution < 1.29 is 4.92 Å². The van der Waals surface area contributed by atoms with Crippen molar-refractivity contribution in [2.75, 3.05) is 25.0 Å². The van der Waals surface area contributed by atoms with Crippen LogP contribution in [0, 0.1) is 15.5 Å². The van der Waals surface area contributed by atoms with E-state index in [1.54, 1.807) is 6.07 Å². The lowest BCUT2D eigenvalue weighted by Crippen LogP contribution is -2.39. The average Bonchev–Trinajstić information content (AvgIpc) is 2.38. The maximum atomic E-state index is 10.7. The maximum absolute atomic E-state index is 10.7. The lowest BCUT2D eigenvalue weighted by Gasteiger charge is -2.34. The van der Waals surface area contributed by atoms with Crippen LogP contribution >= 0.6 is 15.9 Å². The topological polar surface area (TPSA) is 67.2 Å². The zero-order valence-electron chi connectivity index (χ0n) is 10.9. The molecular weight excluding hydrogens is 310 g/mol. The Morgan fingerprint density at radius 1 is 1.47 bits per heavy atom. The van der Waals surface area contributed by atoms with Gasteiger partial charge in [-0.1, -0.05) is 6.92 Å². The number of rotatable bonds is 4. The number of non-ortho nitro benzene ring substituents is 1. The van der Waals surface area contributed by atoms with Gasteiger partial charge in [0.1, 0.15) is 0 Å². The second-order valence-corrected chi connectivity index (χ2v) is 6.19. The van der Waals surface area contributed by atoms with Crippen molar-refractivity contribution in [3.63, 3.8) is 0 Å². The Morgan fingerprint density at radius 3 is 2.74 bits per heavy atom. The molecule has 2 rings (SSSR count). The average molecular weight is 328 g/mol. The quantitative estimate of drug-likeness (QED) is 0.658. The van der Waals surface area contributed by atoms with Crippen LogP contribution in [-0.4, -0.2) is 24.6 Å². The van der Waals surface area contributed by atoms with Crippen LogP contribution in [0.5, 0.6) is 0 Å². The summed E-state index contributed by atoms with van der Waals surface area (Å²) in [5, 5.41) is 17.4. The van der Waals surface area contributed by atoms with Gasteiger partial charge in [0, 0.05) is 28.8 Å². The summed E-state index contributed by atoms with van der Waals surface area (Å²) in [7, 11) is 0. The van der Waals surface area contributed by atoms with E-state index in [9.17, 15) is 10.1 Å². The molecule has 2 N–H and O–H groups in total. The van der Waals surface area contributed by atoms with Crippen LogP contribution in [0.2, 0.25) is 0 Å². The summed E-state index contributed by atoms with van der Waals surface area (Å²) in [4.78, 5) is 10.3. The van der Waals surface area contributed by atoms with Crippen LogP contribution in [0.15, 0.2) is 22.7 Å². The predicted octanol–water partition coefficient (Wildman–Crippen LogP) is 3.16. The van der Waals surface area contributed by atoms with Crippen LogP contribution in [0.3, 0.4) is 0 Å². The molecule has 0 atom stereocenters. The van der Waals surface area contributed by atoms with Gasteiger partial charge in [-0.3, -0.25) is 10.1 Å². The first-order valence-electron chi connectivity index (χ1n) is 6.39. The number of anilines is 1. The molecule has 1 heterocycles. The second-order valence-electron chi connectivity index (χ2n) is 5.34. The molecule has 0 radical (unpaired) electrons. The molecule has 0 bridgehead atoms. The molecule has 1 saturated heterocycles. The highest BCUT2D eigenvalue weighted by molar-refractivity contribution is 9.10. The fraction of sp³-hybridized carbons (Fsp3) is 0.538. The summed E-state index contributed by atoms with van der Waals surface area (Å²) in [6, 6.07) is 4.82. The fourth-order valence-electron chi connectivity index (χ4n) is 2.28. The van der Waals surface area contributed by atoms with Crippen molar-refractivity contribution in [2.24, 2.45) is 5.41 Å². The van der Waals surface area contributed by atoms with Gasteiger partial charge in [-0.25, -0.2) is 0 Å². The van der Waals surface area contributed by atoms with E-state index in [-0.39, 0.29) is 16.0 Å². The molecule has 0 saturated carbocycles. The Morgan fingerprint density at radius 2 is 2.16 bits per heavy atom. The van der Waals surface area contributed by atoms with E-state index < -0.39 is 0 Å². The smallest absolute Gasteiger partial charge is 0.270 e. The van der Waals surface area contributed by atoms with E-state index in [1.807, 2.05) is 0 Å². The van der Waals surface area contributed by atoms with Crippen molar-refractivity contribution in [3.05, 3.63) is 32.8 Å². The summed E-state index contributed by atoms with van der Waals surface area (Å²) in [6.07, 6.45) is 2.29. The molecule has 6 heteroatoms. The molecule has 1 fully saturated rings. The minimum atomic E-state index is -0.386. The molecular formula is C13H18BrN3O2. The standard InChI is InChI=1S/C13H18BrN3O2/c1-13(4-6-15-7-5-13)9-16-12-3-2-10(17(18)19)8-11(12)14/h2-3,8,15-16H,4-7,9H2,1H3. The zero-order valence-corrected chi connectivity index (χ0v) is 12.5. The van der Waals surface area contributed by atoms with Gasteiger partial charge in [-0.15, -0.1) is 0 Å². The first kappa shape index (κ1) is 14.3. The number of nitrogens with one attached hydrogen (secondary N) is 2. The van der Waals surface area contributed by atoms with Crippen molar-refractivity contribution in [2.45, 2.75) is 19.8 Å². The summed E-state index contributed by atoms with van der Waals surface area (Å²) in [6.45, 7) is 5.27. The number of halogens is 1. The third kappa shape index (κ3) is 3.67. The molecule has 0 amide bonds. The molecule has 1 aromatic carbocycles. The van der Waals surface area contributed by atoms with Crippen LogP contribution in [0.4, 0.5) is 11.4 Å². The Balaban J connectivity index is 2.01. The molecule has 1 aromatic rings. The summed E-state index contributed by atoms with van der Waals surface area (Å²) >= 11 is 3.38. The summed E-state index contributed by atoms with van der Waals surface area (Å²) in [5.74, 6) is 0. The lowest BCUT2D eigenvalue weighted by atomic mass is 9.81. The predicted molar refractivity (Wildman–Crippen MR) is 79.5 cm³/mol. The van der Waals surface area contributed by atoms with Gasteiger partial charge >= 0.3 is 0 Å². The third-order valence-electron chi connectivity index (χ3n) is 3.68. The molecule has 19 heavy (non-hydrogen) atoms. The molecule has 1 aliphatic rings. The monoisotopic (exact) mass is 327 g/mol. The van der Waals surface area contributed by atoms with Gasteiger partial charge in [0.15, 0.2) is 0 Å². The first-order chi connectivity index (χ1) is 9.00. The van der Waals surface area contributed by atoms with Crippen LogP contribution in [-0.2, 0) is 0 Å². The van der Waals surface area contributed by atoms with Gasteiger partial charge in [-0.2, -0.15) is 0 Å². The molecule has 1 aliphatic heterocycles. The number of hydrogen-bond acceptors (Lipinski definition) is 4. The van der Waals surface area contributed by atoms with Gasteiger partial charge in [0.2, 0.25) is 0 Å². The minimum absolute atomic E-state index is 0.102. The maximum Gasteiger partial charge on any atom is 0.270 e.